The van der Waals surface area contributed by atoms with Crippen molar-refractivity contribution in [1.82, 2.24) is 10.3 Å². The van der Waals surface area contributed by atoms with Gasteiger partial charge in [-0.3, -0.25) is 9.78 Å². The van der Waals surface area contributed by atoms with Crippen molar-refractivity contribution in [2.24, 2.45) is 0 Å². The molecular formula is C17H21BrN2OS. The number of hydrogen-bond acceptors (Lipinski definition) is 3. The Morgan fingerprint density at radius 3 is 2.73 bits per heavy atom. The third-order valence-corrected chi connectivity index (χ3v) is 4.59. The average molecular weight is 381 g/mol. The van der Waals surface area contributed by atoms with Gasteiger partial charge in [0.1, 0.15) is 0 Å². The van der Waals surface area contributed by atoms with E-state index >= 15 is 0 Å². The van der Waals surface area contributed by atoms with Crippen LogP contribution in [0.15, 0.2) is 34.9 Å². The van der Waals surface area contributed by atoms with Crippen LogP contribution in [-0.2, 0) is 11.2 Å². The molecule has 0 saturated carbocycles. The van der Waals surface area contributed by atoms with Gasteiger partial charge in [0.2, 0.25) is 5.91 Å². The molecule has 22 heavy (non-hydrogen) atoms. The number of nitrogens with zero attached hydrogens (tertiary/aromatic N) is 1. The van der Waals surface area contributed by atoms with E-state index in [0.717, 1.165) is 20.9 Å². The first kappa shape index (κ1) is 17.3. The summed E-state index contributed by atoms with van der Waals surface area (Å²) in [6.07, 6.45) is 4.49. The highest BCUT2D eigenvalue weighted by Crippen LogP contribution is 2.21. The van der Waals surface area contributed by atoms with E-state index in [9.17, 15) is 4.79 Å². The molecule has 0 aliphatic heterocycles. The number of carbonyl (C=O) groups is 1. The fourth-order valence-electron chi connectivity index (χ4n) is 2.23. The maximum atomic E-state index is 12.4. The number of hydrogen-bond donors (Lipinski definition) is 1. The van der Waals surface area contributed by atoms with E-state index in [1.165, 1.54) is 0 Å². The van der Waals surface area contributed by atoms with Gasteiger partial charge in [0.25, 0.3) is 0 Å². The van der Waals surface area contributed by atoms with Crippen LogP contribution in [0.5, 0.6) is 0 Å². The third-order valence-electron chi connectivity index (χ3n) is 3.21. The lowest BCUT2D eigenvalue weighted by Crippen LogP contribution is -2.45. The summed E-state index contributed by atoms with van der Waals surface area (Å²) >= 11 is 5.03. The molecule has 118 valence electrons. The van der Waals surface area contributed by atoms with Crippen LogP contribution in [0, 0.1) is 0 Å². The second-order valence-electron chi connectivity index (χ2n) is 6.35. The lowest BCUT2D eigenvalue weighted by Gasteiger charge is -2.24. The van der Waals surface area contributed by atoms with Gasteiger partial charge in [0.15, 0.2) is 0 Å². The van der Waals surface area contributed by atoms with E-state index in [0.29, 0.717) is 6.42 Å². The summed E-state index contributed by atoms with van der Waals surface area (Å²) in [5.74, 6) is 0.0902. The third kappa shape index (κ3) is 4.71. The largest absolute Gasteiger partial charge is 0.351 e. The van der Waals surface area contributed by atoms with Crippen molar-refractivity contribution >= 4 is 44.5 Å². The number of rotatable bonds is 4. The number of amides is 1. The van der Waals surface area contributed by atoms with E-state index < -0.39 is 0 Å². The zero-order valence-corrected chi connectivity index (χ0v) is 15.7. The van der Waals surface area contributed by atoms with Crippen LogP contribution in [0.1, 0.15) is 26.3 Å². The Bertz CT molecular complexity index is 682. The molecule has 1 amide bonds. The first-order valence-electron chi connectivity index (χ1n) is 7.17. The monoisotopic (exact) mass is 380 g/mol. The SMILES string of the molecule is CSC(Cc1ccc2ncc(Br)cc2c1)C(=O)NC(C)(C)C. The zero-order valence-electron chi connectivity index (χ0n) is 13.3. The van der Waals surface area contributed by atoms with Gasteiger partial charge in [0.05, 0.1) is 10.8 Å². The van der Waals surface area contributed by atoms with Crippen LogP contribution in [0.3, 0.4) is 0 Å². The Morgan fingerprint density at radius 2 is 2.09 bits per heavy atom. The summed E-state index contributed by atoms with van der Waals surface area (Å²) in [4.78, 5) is 16.7. The molecule has 1 N–H and O–H groups in total. The fraction of sp³-hybridized carbons (Fsp3) is 0.412. The maximum absolute atomic E-state index is 12.4. The Morgan fingerprint density at radius 1 is 1.36 bits per heavy atom. The Labute approximate surface area is 144 Å². The van der Waals surface area contributed by atoms with Crippen molar-refractivity contribution in [3.8, 4) is 0 Å². The minimum atomic E-state index is -0.205. The highest BCUT2D eigenvalue weighted by molar-refractivity contribution is 9.10. The van der Waals surface area contributed by atoms with Gasteiger partial charge in [-0.05, 0) is 73.1 Å². The summed E-state index contributed by atoms with van der Waals surface area (Å²) in [7, 11) is 0. The molecule has 0 radical (unpaired) electrons. The number of benzene rings is 1. The number of aromatic nitrogens is 1. The van der Waals surface area contributed by atoms with E-state index in [2.05, 4.69) is 44.4 Å². The van der Waals surface area contributed by atoms with Crippen LogP contribution in [0.2, 0.25) is 0 Å². The molecule has 1 aromatic carbocycles. The summed E-state index contributed by atoms with van der Waals surface area (Å²) < 4.78 is 0.962. The molecule has 0 spiro atoms. The van der Waals surface area contributed by atoms with E-state index in [4.69, 9.17) is 0 Å². The lowest BCUT2D eigenvalue weighted by atomic mass is 10.0. The predicted molar refractivity (Wildman–Crippen MR) is 98.3 cm³/mol. The Balaban J connectivity index is 2.18. The summed E-state index contributed by atoms with van der Waals surface area (Å²) in [5.41, 5.74) is 1.91. The number of carbonyl (C=O) groups excluding carboxylic acids is 1. The van der Waals surface area contributed by atoms with Crippen molar-refractivity contribution in [3.05, 3.63) is 40.5 Å². The van der Waals surface area contributed by atoms with Crippen LogP contribution >= 0.6 is 27.7 Å². The van der Waals surface area contributed by atoms with Gasteiger partial charge in [0, 0.05) is 21.6 Å². The number of pyridine rings is 1. The molecule has 0 fully saturated rings. The zero-order chi connectivity index (χ0) is 16.3. The molecule has 1 atom stereocenters. The summed E-state index contributed by atoms with van der Waals surface area (Å²) in [5, 5.41) is 4.06. The van der Waals surface area contributed by atoms with E-state index in [1.54, 1.807) is 18.0 Å². The molecule has 2 aromatic rings. The Hall–Kier alpha value is -1.07. The van der Waals surface area contributed by atoms with Crippen molar-refractivity contribution in [3.63, 3.8) is 0 Å². The minimum Gasteiger partial charge on any atom is -0.351 e. The predicted octanol–water partition coefficient (Wildman–Crippen LogP) is 4.19. The highest BCUT2D eigenvalue weighted by Gasteiger charge is 2.22. The van der Waals surface area contributed by atoms with Gasteiger partial charge in [-0.1, -0.05) is 6.07 Å². The van der Waals surface area contributed by atoms with Gasteiger partial charge in [-0.2, -0.15) is 11.8 Å². The molecule has 1 aromatic heterocycles. The maximum Gasteiger partial charge on any atom is 0.233 e. The van der Waals surface area contributed by atoms with E-state index in [1.807, 2.05) is 33.1 Å². The molecule has 5 heteroatoms. The van der Waals surface area contributed by atoms with Gasteiger partial charge >= 0.3 is 0 Å². The van der Waals surface area contributed by atoms with Gasteiger partial charge < -0.3 is 5.32 Å². The molecule has 3 nitrogen and oxygen atoms in total. The fourth-order valence-corrected chi connectivity index (χ4v) is 3.21. The molecule has 1 unspecified atom stereocenters. The normalized spacial score (nSPS) is 13.1. The summed E-state index contributed by atoms with van der Waals surface area (Å²) in [6, 6.07) is 8.23. The topological polar surface area (TPSA) is 42.0 Å². The second-order valence-corrected chi connectivity index (χ2v) is 8.30. The number of nitrogens with one attached hydrogen (secondary N) is 1. The van der Waals surface area contributed by atoms with Crippen LogP contribution in [-0.4, -0.2) is 27.9 Å². The van der Waals surface area contributed by atoms with Gasteiger partial charge in [-0.15, -0.1) is 0 Å². The quantitative estimate of drug-likeness (QED) is 0.864. The Kier molecular flexibility index (Phi) is 5.50. The number of fused-ring (bicyclic) bond motifs is 1. The highest BCUT2D eigenvalue weighted by atomic mass is 79.9. The molecule has 1 heterocycles. The van der Waals surface area contributed by atoms with Crippen molar-refractivity contribution in [1.29, 1.82) is 0 Å². The molecule has 0 saturated heterocycles. The molecule has 0 bridgehead atoms. The molecular weight excluding hydrogens is 360 g/mol. The van der Waals surface area contributed by atoms with Crippen molar-refractivity contribution in [2.45, 2.75) is 38.0 Å². The molecule has 0 aliphatic rings. The first-order chi connectivity index (χ1) is 10.3. The average Bonchev–Trinajstić information content (AvgIpc) is 2.42. The van der Waals surface area contributed by atoms with E-state index in [-0.39, 0.29) is 16.7 Å². The van der Waals surface area contributed by atoms with Crippen LogP contribution in [0.4, 0.5) is 0 Å². The minimum absolute atomic E-state index is 0.0863. The van der Waals surface area contributed by atoms with Crippen LogP contribution in [0.25, 0.3) is 10.9 Å². The van der Waals surface area contributed by atoms with Gasteiger partial charge in [-0.25, -0.2) is 0 Å². The van der Waals surface area contributed by atoms with Crippen LogP contribution < -0.4 is 5.32 Å². The first-order valence-corrected chi connectivity index (χ1v) is 9.25. The van der Waals surface area contributed by atoms with Crippen molar-refractivity contribution < 1.29 is 4.79 Å². The standard InChI is InChI=1S/C17H21BrN2OS/c1-17(2,3)20-16(21)15(22-4)8-11-5-6-14-12(7-11)9-13(18)10-19-14/h5-7,9-10,15H,8H2,1-4H3,(H,20,21). The lowest BCUT2D eigenvalue weighted by molar-refractivity contribution is -0.121. The molecule has 0 aliphatic carbocycles. The smallest absolute Gasteiger partial charge is 0.233 e. The van der Waals surface area contributed by atoms with Crippen molar-refractivity contribution in [2.75, 3.05) is 6.26 Å². The second kappa shape index (κ2) is 7.01. The summed E-state index contributed by atoms with van der Waals surface area (Å²) in [6.45, 7) is 6.00. The number of halogens is 1. The number of thioether (sulfide) groups is 1. The molecule has 2 rings (SSSR count).